The first-order valence-corrected chi connectivity index (χ1v) is 14.2. The molecule has 3 aromatic rings. The number of carboxylic acid groups (broad SMARTS) is 1. The molecule has 8 heteroatoms. The largest absolute Gasteiger partial charge is 0.495 e. The van der Waals surface area contributed by atoms with E-state index in [4.69, 9.17) is 9.84 Å². The molecule has 2 N–H and O–H groups in total. The smallest absolute Gasteiger partial charge is 0.335 e. The number of anilines is 1. The highest BCUT2D eigenvalue weighted by atomic mass is 32.2. The van der Waals surface area contributed by atoms with Crippen LogP contribution in [0.5, 0.6) is 5.75 Å². The van der Waals surface area contributed by atoms with E-state index in [0.717, 1.165) is 18.8 Å². The molecule has 1 fully saturated rings. The van der Waals surface area contributed by atoms with Gasteiger partial charge in [0.15, 0.2) is 5.82 Å². The molecule has 0 radical (unpaired) electrons. The summed E-state index contributed by atoms with van der Waals surface area (Å²) in [5.74, 6) is -0.830. The number of ether oxygens (including phenoxy) is 1. The van der Waals surface area contributed by atoms with E-state index in [1.54, 1.807) is 6.07 Å². The highest BCUT2D eigenvalue weighted by Crippen LogP contribution is 2.43. The Morgan fingerprint density at radius 1 is 1.00 bits per heavy atom. The number of halogens is 1. The number of hydrogen-bond acceptors (Lipinski definition) is 4. The molecule has 0 bridgehead atoms. The van der Waals surface area contributed by atoms with Crippen LogP contribution in [-0.2, 0) is 10.0 Å². The van der Waals surface area contributed by atoms with Crippen molar-refractivity contribution >= 4 is 21.7 Å². The van der Waals surface area contributed by atoms with Gasteiger partial charge in [-0.1, -0.05) is 57.2 Å². The second-order valence-electron chi connectivity index (χ2n) is 11.0. The first kappa shape index (κ1) is 27.6. The molecule has 4 rings (SSSR count). The maximum Gasteiger partial charge on any atom is 0.335 e. The van der Waals surface area contributed by atoms with Crippen molar-refractivity contribution in [3.05, 3.63) is 77.6 Å². The minimum absolute atomic E-state index is 0.00726. The lowest BCUT2D eigenvalue weighted by molar-refractivity contribution is 0.0696. The minimum Gasteiger partial charge on any atom is -0.495 e. The van der Waals surface area contributed by atoms with Gasteiger partial charge in [-0.15, -0.1) is 0 Å². The van der Waals surface area contributed by atoms with Crippen molar-refractivity contribution in [3.63, 3.8) is 0 Å². The first-order chi connectivity index (χ1) is 17.9. The predicted molar refractivity (Wildman–Crippen MR) is 147 cm³/mol. The summed E-state index contributed by atoms with van der Waals surface area (Å²) in [5, 5.41) is 9.17. The number of rotatable bonds is 7. The average molecular weight is 540 g/mol. The lowest BCUT2D eigenvalue weighted by atomic mass is 9.68. The molecule has 202 valence electrons. The lowest BCUT2D eigenvalue weighted by Crippen LogP contribution is -2.25. The molecule has 6 nitrogen and oxygen atoms in total. The lowest BCUT2D eigenvalue weighted by Gasteiger charge is -2.37. The number of carboxylic acids is 1. The topological polar surface area (TPSA) is 92.7 Å². The second-order valence-corrected chi connectivity index (χ2v) is 12.6. The fourth-order valence-corrected chi connectivity index (χ4v) is 6.45. The first-order valence-electron chi connectivity index (χ1n) is 12.7. The maximum atomic E-state index is 15.6. The van der Waals surface area contributed by atoms with Crippen molar-refractivity contribution < 1.29 is 27.4 Å². The molecule has 0 aromatic heterocycles. The van der Waals surface area contributed by atoms with Crippen molar-refractivity contribution in [2.75, 3.05) is 11.8 Å². The zero-order chi connectivity index (χ0) is 27.7. The molecular weight excluding hydrogens is 505 g/mol. The number of carbonyl (C=O) groups is 1. The molecule has 1 aliphatic carbocycles. The number of hydrogen-bond donors (Lipinski definition) is 2. The predicted octanol–water partition coefficient (Wildman–Crippen LogP) is 7.32. The van der Waals surface area contributed by atoms with Gasteiger partial charge in [0.1, 0.15) is 10.6 Å². The summed E-state index contributed by atoms with van der Waals surface area (Å²) in [6, 6.07) is 15.7. The highest BCUT2D eigenvalue weighted by Gasteiger charge is 2.30. The Morgan fingerprint density at radius 3 is 2.24 bits per heavy atom. The highest BCUT2D eigenvalue weighted by molar-refractivity contribution is 7.92. The molecular formula is C30H34FNO5S. The van der Waals surface area contributed by atoms with Crippen LogP contribution in [-0.4, -0.2) is 26.6 Å². The Hall–Kier alpha value is -3.39. The Labute approximate surface area is 223 Å². The maximum absolute atomic E-state index is 15.6. The van der Waals surface area contributed by atoms with E-state index in [-0.39, 0.29) is 22.6 Å². The Bertz CT molecular complexity index is 1420. The van der Waals surface area contributed by atoms with Crippen LogP contribution in [0, 0.1) is 17.2 Å². The minimum atomic E-state index is -4.34. The van der Waals surface area contributed by atoms with Crippen molar-refractivity contribution in [1.29, 1.82) is 0 Å². The molecule has 3 aromatic carbocycles. The quantitative estimate of drug-likeness (QED) is 0.328. The van der Waals surface area contributed by atoms with E-state index in [1.807, 2.05) is 24.3 Å². The van der Waals surface area contributed by atoms with Crippen LogP contribution >= 0.6 is 0 Å². The van der Waals surface area contributed by atoms with E-state index < -0.39 is 26.7 Å². The third-order valence-electron chi connectivity index (χ3n) is 7.59. The van der Waals surface area contributed by atoms with Crippen molar-refractivity contribution in [2.45, 2.75) is 57.3 Å². The van der Waals surface area contributed by atoms with E-state index >= 15 is 4.39 Å². The summed E-state index contributed by atoms with van der Waals surface area (Å²) in [5.41, 5.74) is 2.26. The van der Waals surface area contributed by atoms with Crippen molar-refractivity contribution in [3.8, 4) is 16.9 Å². The summed E-state index contributed by atoms with van der Waals surface area (Å²) in [4.78, 5) is 10.7. The van der Waals surface area contributed by atoms with Gasteiger partial charge in [-0.05, 0) is 78.3 Å². The van der Waals surface area contributed by atoms with Crippen molar-refractivity contribution in [2.24, 2.45) is 11.3 Å². The third kappa shape index (κ3) is 5.85. The fraction of sp³-hybridized carbons (Fsp3) is 0.367. The zero-order valence-corrected chi connectivity index (χ0v) is 22.9. The van der Waals surface area contributed by atoms with Crippen molar-refractivity contribution in [1.82, 2.24) is 0 Å². The summed E-state index contributed by atoms with van der Waals surface area (Å²) in [6.07, 6.45) is 4.65. The number of nitrogens with one attached hydrogen (secondary N) is 1. The summed E-state index contributed by atoms with van der Waals surface area (Å²) >= 11 is 0. The van der Waals surface area contributed by atoms with Gasteiger partial charge in [-0.3, -0.25) is 4.72 Å². The standard InChI is InChI=1S/C30H34FNO5S/c1-30(2,3)23-15-12-20(13-16-23)19-8-10-21(11-9-19)24-6-5-7-27(28(24)31)38(35,36)32-25-17-14-22(29(33)34)18-26(25)37-4/h5-11,14,17-18,20,23,32H,12-13,15-16H2,1-4H3,(H,33,34)/t20-,23+. The van der Waals surface area contributed by atoms with Gasteiger partial charge < -0.3 is 9.84 Å². The zero-order valence-electron chi connectivity index (χ0n) is 22.1. The molecule has 0 heterocycles. The van der Waals surface area contributed by atoms with E-state index in [2.05, 4.69) is 25.5 Å². The van der Waals surface area contributed by atoms with Crippen LogP contribution in [0.2, 0.25) is 0 Å². The van der Waals surface area contributed by atoms with Crippen LogP contribution in [0.15, 0.2) is 65.6 Å². The van der Waals surface area contributed by atoms with Gasteiger partial charge in [0, 0.05) is 5.56 Å². The molecule has 1 aliphatic rings. The molecule has 0 atom stereocenters. The molecule has 0 aliphatic heterocycles. The van der Waals surface area contributed by atoms with Crippen LogP contribution in [0.1, 0.15) is 68.3 Å². The number of aromatic carboxylic acids is 1. The number of benzene rings is 3. The van der Waals surface area contributed by atoms with Crippen LogP contribution in [0.4, 0.5) is 10.1 Å². The Kier molecular flexibility index (Phi) is 7.83. The molecule has 38 heavy (non-hydrogen) atoms. The number of methoxy groups -OCH3 is 1. The summed E-state index contributed by atoms with van der Waals surface area (Å²) < 4.78 is 49.3. The van der Waals surface area contributed by atoms with Crippen LogP contribution in [0.25, 0.3) is 11.1 Å². The van der Waals surface area contributed by atoms with Gasteiger partial charge >= 0.3 is 5.97 Å². The molecule has 1 saturated carbocycles. The second kappa shape index (κ2) is 10.8. The number of sulfonamides is 1. The van der Waals surface area contributed by atoms with Gasteiger partial charge in [-0.2, -0.15) is 0 Å². The third-order valence-corrected chi connectivity index (χ3v) is 8.97. The molecule has 0 amide bonds. The van der Waals surface area contributed by atoms with E-state index in [1.165, 1.54) is 55.8 Å². The normalized spacial score (nSPS) is 18.1. The molecule has 0 saturated heterocycles. The van der Waals surface area contributed by atoms with Gasteiger partial charge in [0.05, 0.1) is 18.4 Å². The average Bonchev–Trinajstić information content (AvgIpc) is 2.88. The molecule has 0 spiro atoms. The molecule has 0 unspecified atom stereocenters. The van der Waals surface area contributed by atoms with Crippen LogP contribution in [0.3, 0.4) is 0 Å². The Morgan fingerprint density at radius 2 is 1.66 bits per heavy atom. The van der Waals surface area contributed by atoms with E-state index in [9.17, 15) is 13.2 Å². The van der Waals surface area contributed by atoms with E-state index in [0.29, 0.717) is 16.9 Å². The van der Waals surface area contributed by atoms with Gasteiger partial charge in [0.2, 0.25) is 0 Å². The summed E-state index contributed by atoms with van der Waals surface area (Å²) in [7, 11) is -3.04. The Balaban J connectivity index is 1.56. The van der Waals surface area contributed by atoms with Gasteiger partial charge in [-0.25, -0.2) is 17.6 Å². The van der Waals surface area contributed by atoms with Gasteiger partial charge in [0.25, 0.3) is 10.0 Å². The fourth-order valence-electron chi connectivity index (χ4n) is 5.28. The van der Waals surface area contributed by atoms with Crippen LogP contribution < -0.4 is 9.46 Å². The monoisotopic (exact) mass is 539 g/mol. The summed E-state index contributed by atoms with van der Waals surface area (Å²) in [6.45, 7) is 6.91. The SMILES string of the molecule is COc1cc(C(=O)O)ccc1NS(=O)(=O)c1cccc(-c2ccc([C@H]3CC[C@@H](C(C)(C)C)CC3)cc2)c1F.